The van der Waals surface area contributed by atoms with Crippen molar-refractivity contribution in [2.45, 2.75) is 38.9 Å². The highest BCUT2D eigenvalue weighted by Gasteiger charge is 2.35. The molecule has 6 aromatic heterocycles. The van der Waals surface area contributed by atoms with E-state index in [4.69, 9.17) is 65.1 Å². The van der Waals surface area contributed by atoms with Gasteiger partial charge in [0.1, 0.15) is 30.1 Å². The molecule has 4 aliphatic rings. The summed E-state index contributed by atoms with van der Waals surface area (Å²) in [7, 11) is 7.12. The van der Waals surface area contributed by atoms with Gasteiger partial charge in [-0.25, -0.2) is 34.9 Å². The molecular formula is C70H86BClN12O10. The Morgan fingerprint density at radius 2 is 0.851 bits per heavy atom. The first-order valence-corrected chi connectivity index (χ1v) is 31.2. The molecule has 496 valence electrons. The molecule has 22 nitrogen and oxygen atoms in total. The molecule has 1 unspecified atom stereocenters. The summed E-state index contributed by atoms with van der Waals surface area (Å²) >= 11 is 6.10. The molecular weight excluding hydrogens is 1220 g/mol. The summed E-state index contributed by atoms with van der Waals surface area (Å²) in [5.41, 5.74) is 9.65. The average molecular weight is 1300 g/mol. The molecule has 0 amide bonds. The fourth-order valence-corrected chi connectivity index (χ4v) is 10.2. The van der Waals surface area contributed by atoms with E-state index < -0.39 is 0 Å². The molecule has 4 fully saturated rings. The molecule has 1 atom stereocenters. The van der Waals surface area contributed by atoms with Crippen molar-refractivity contribution in [1.29, 1.82) is 0 Å². The fraction of sp³-hybridized carbons (Fsp3) is 0.357. The first-order chi connectivity index (χ1) is 45.9. The molecule has 4 aliphatic heterocycles. The first-order valence-electron chi connectivity index (χ1n) is 30.8. The van der Waals surface area contributed by atoms with Crippen molar-refractivity contribution in [2.75, 3.05) is 143 Å². The lowest BCUT2D eigenvalue weighted by atomic mass is 9.83. The van der Waals surface area contributed by atoms with Crippen molar-refractivity contribution >= 4 is 81.4 Å². The maximum Gasteiger partial charge on any atom is 0.486 e. The number of aliphatic hydroxyl groups is 1. The standard InChI is InChI=1S/2C19H18N4O.C17H15ClN4O.C8H15BO2.2C3H8O2.CH4O/c2*1-2-14-12-16-17(20-13-14)19(23-8-10-24-11-9-23)22-18(21-16)15-6-4-3-5-7-15;18-13-10-14-15(19-11-13)17(22-6-8-23-9-7-22)21-16(20-14)12-4-2-1-3-5-12;1-5-9-10-7(2)6-8(3,4)11-9;2*1-4-3-5-2;1-2/h2*2-7,12-13H,1,8-11H2;1-5,10-11H,6-9H2;5,7H,1,6H2,2-4H3;2*3H2,1-2H3;2H,1H3. The van der Waals surface area contributed by atoms with Gasteiger partial charge in [-0.1, -0.05) is 134 Å². The molecule has 3 aromatic carbocycles. The Balaban J connectivity index is 0.000000171. The maximum atomic E-state index is 7.00. The quantitative estimate of drug-likeness (QED) is 0.0835. The normalized spacial score (nSPS) is 15.7. The van der Waals surface area contributed by atoms with Crippen LogP contribution < -0.4 is 14.7 Å². The second-order valence-corrected chi connectivity index (χ2v) is 22.2. The SMILES string of the molecule is C=CB1OC(C)CC(C)(C)O1.C=Cc1cnc2c(N3CCOCC3)nc(-c3ccccc3)nc2c1.C=Cc1cnc2c(N3CCOCC3)nc(-c3ccccc3)nc2c1.CO.COCOC.COCOC.Clc1cnc2c(N3CCOCC3)nc(-c3ccccc3)nc2c1. The van der Waals surface area contributed by atoms with Gasteiger partial charge in [0, 0.05) is 116 Å². The van der Waals surface area contributed by atoms with Crippen molar-refractivity contribution < 1.29 is 47.6 Å². The highest BCUT2D eigenvalue weighted by Crippen LogP contribution is 2.32. The van der Waals surface area contributed by atoms with Crippen molar-refractivity contribution in [1.82, 2.24) is 44.9 Å². The third-order valence-electron chi connectivity index (χ3n) is 14.3. The largest absolute Gasteiger partial charge is 0.486 e. The Morgan fingerprint density at radius 1 is 0.521 bits per heavy atom. The van der Waals surface area contributed by atoms with Gasteiger partial charge in [-0.3, -0.25) is 9.97 Å². The first kappa shape index (κ1) is 73.1. The monoisotopic (exact) mass is 1300 g/mol. The predicted molar refractivity (Wildman–Crippen MR) is 375 cm³/mol. The lowest BCUT2D eigenvalue weighted by molar-refractivity contribution is -0.0236. The van der Waals surface area contributed by atoms with Crippen LogP contribution >= 0.6 is 11.6 Å². The molecule has 0 spiro atoms. The number of methoxy groups -OCH3 is 4. The maximum absolute atomic E-state index is 7.00. The molecule has 13 rings (SSSR count). The van der Waals surface area contributed by atoms with Crippen LogP contribution in [0.1, 0.15) is 38.3 Å². The Hall–Kier alpha value is -8.30. The van der Waals surface area contributed by atoms with Gasteiger partial charge >= 0.3 is 7.12 Å². The van der Waals surface area contributed by atoms with Crippen LogP contribution in [0.3, 0.4) is 0 Å². The van der Waals surface area contributed by atoms with E-state index in [2.05, 4.69) is 94.1 Å². The van der Waals surface area contributed by atoms with Gasteiger partial charge in [0.25, 0.3) is 0 Å². The molecule has 0 bridgehead atoms. The van der Waals surface area contributed by atoms with Gasteiger partial charge in [0.05, 0.1) is 66.8 Å². The van der Waals surface area contributed by atoms with E-state index in [1.807, 2.05) is 122 Å². The number of halogens is 1. The van der Waals surface area contributed by atoms with Gasteiger partial charge in [-0.2, -0.15) is 0 Å². The third kappa shape index (κ3) is 21.6. The van der Waals surface area contributed by atoms with Gasteiger partial charge in [-0.15, -0.1) is 6.58 Å². The van der Waals surface area contributed by atoms with E-state index in [0.717, 1.165) is 131 Å². The zero-order valence-electron chi connectivity index (χ0n) is 55.1. The summed E-state index contributed by atoms with van der Waals surface area (Å²) in [6, 6.07) is 35.8. The Bertz CT molecular complexity index is 3600. The van der Waals surface area contributed by atoms with E-state index in [9.17, 15) is 0 Å². The van der Waals surface area contributed by atoms with E-state index in [1.54, 1.807) is 52.8 Å². The second-order valence-electron chi connectivity index (χ2n) is 21.7. The molecule has 0 saturated carbocycles. The van der Waals surface area contributed by atoms with Crippen LogP contribution in [0.2, 0.25) is 5.02 Å². The van der Waals surface area contributed by atoms with E-state index in [-0.39, 0.29) is 18.8 Å². The lowest BCUT2D eigenvalue weighted by Crippen LogP contribution is -2.44. The molecule has 94 heavy (non-hydrogen) atoms. The van der Waals surface area contributed by atoms with Crippen molar-refractivity contribution in [2.24, 2.45) is 0 Å². The van der Waals surface area contributed by atoms with E-state index in [1.165, 1.54) is 0 Å². The van der Waals surface area contributed by atoms with Crippen LogP contribution in [0.25, 0.3) is 79.4 Å². The lowest BCUT2D eigenvalue weighted by Gasteiger charge is -2.37. The van der Waals surface area contributed by atoms with Crippen LogP contribution in [0.5, 0.6) is 0 Å². The number of ether oxygens (including phenoxy) is 7. The number of nitrogens with zero attached hydrogens (tertiary/aromatic N) is 12. The summed E-state index contributed by atoms with van der Waals surface area (Å²) < 4.78 is 45.2. The minimum Gasteiger partial charge on any atom is -0.405 e. The van der Waals surface area contributed by atoms with Crippen LogP contribution in [-0.2, 0) is 42.5 Å². The second kappa shape index (κ2) is 38.8. The topological polar surface area (TPSA) is 229 Å². The van der Waals surface area contributed by atoms with Crippen LogP contribution in [-0.4, -0.2) is 197 Å². The smallest absolute Gasteiger partial charge is 0.405 e. The van der Waals surface area contributed by atoms with Gasteiger partial charge in [0.15, 0.2) is 34.9 Å². The molecule has 4 saturated heterocycles. The summed E-state index contributed by atoms with van der Waals surface area (Å²) in [5, 5.41) is 7.57. The summed E-state index contributed by atoms with van der Waals surface area (Å²) in [4.78, 5) is 48.8. The highest BCUT2D eigenvalue weighted by molar-refractivity contribution is 6.50. The minimum atomic E-state index is -0.228. The zero-order chi connectivity index (χ0) is 67.1. The molecule has 0 radical (unpaired) electrons. The van der Waals surface area contributed by atoms with Crippen molar-refractivity contribution in [3.63, 3.8) is 0 Å². The summed E-state index contributed by atoms with van der Waals surface area (Å²) in [6.45, 7) is 27.3. The highest BCUT2D eigenvalue weighted by atomic mass is 35.5. The number of benzene rings is 3. The number of morpholine rings is 3. The van der Waals surface area contributed by atoms with Gasteiger partial charge < -0.3 is 62.3 Å². The molecule has 1 N–H and O–H groups in total. The van der Waals surface area contributed by atoms with Gasteiger partial charge in [0.2, 0.25) is 0 Å². The molecule has 0 aliphatic carbocycles. The van der Waals surface area contributed by atoms with E-state index in [0.29, 0.717) is 75.7 Å². The minimum absolute atomic E-state index is 0.0729. The number of aromatic nitrogens is 9. The summed E-state index contributed by atoms with van der Waals surface area (Å²) in [6.07, 6.45) is 10.0. The number of anilines is 3. The Labute approximate surface area is 556 Å². The van der Waals surface area contributed by atoms with Crippen LogP contribution in [0.4, 0.5) is 17.5 Å². The predicted octanol–water partition coefficient (Wildman–Crippen LogP) is 11.4. The fourth-order valence-electron chi connectivity index (χ4n) is 10.1. The molecule has 24 heteroatoms. The molecule has 9 aromatic rings. The Morgan fingerprint density at radius 3 is 1.15 bits per heavy atom. The summed E-state index contributed by atoms with van der Waals surface area (Å²) in [5.74, 6) is 6.39. The third-order valence-corrected chi connectivity index (χ3v) is 14.5. The van der Waals surface area contributed by atoms with Crippen molar-refractivity contribution in [3.05, 3.63) is 170 Å². The number of hydrogen-bond acceptors (Lipinski definition) is 22. The number of fused-ring (bicyclic) bond motifs is 3. The van der Waals surface area contributed by atoms with Crippen LogP contribution in [0.15, 0.2) is 153 Å². The zero-order valence-corrected chi connectivity index (χ0v) is 55.9. The van der Waals surface area contributed by atoms with E-state index >= 15 is 0 Å². The molecule has 10 heterocycles. The number of rotatable bonds is 13. The number of hydrogen-bond donors (Lipinski definition) is 1. The number of pyridine rings is 3. The number of aliphatic hydroxyl groups excluding tert-OH is 1. The van der Waals surface area contributed by atoms with Crippen molar-refractivity contribution in [3.8, 4) is 34.2 Å². The average Bonchev–Trinajstić information content (AvgIpc) is 0.816. The Kier molecular flexibility index (Phi) is 30.2. The van der Waals surface area contributed by atoms with Gasteiger partial charge in [-0.05, 0) is 56.5 Å². The van der Waals surface area contributed by atoms with Crippen LogP contribution in [0, 0.1) is 0 Å².